The molecule has 1 amide bonds. The quantitative estimate of drug-likeness (QED) is 0.296. The molecule has 180 valence electrons. The van der Waals surface area contributed by atoms with Gasteiger partial charge in [-0.1, -0.05) is 18.7 Å². The number of likely N-dealkylation sites (tertiary alicyclic amines) is 1. The summed E-state index contributed by atoms with van der Waals surface area (Å²) in [4.78, 5) is 13.2. The smallest absolute Gasteiger partial charge is 0.421 e. The number of aromatic nitrogens is 4. The minimum absolute atomic E-state index is 0.202. The van der Waals surface area contributed by atoms with Gasteiger partial charge in [0.2, 0.25) is 11.8 Å². The molecule has 8 nitrogen and oxygen atoms in total. The number of halogens is 4. The largest absolute Gasteiger partial charge is 0.573 e. The zero-order valence-corrected chi connectivity index (χ0v) is 18.2. The maximum absolute atomic E-state index is 13.3. The van der Waals surface area contributed by atoms with Gasteiger partial charge in [-0.2, -0.15) is 5.10 Å². The van der Waals surface area contributed by atoms with Crippen LogP contribution in [0.4, 0.5) is 17.6 Å². The second-order valence-corrected chi connectivity index (χ2v) is 7.96. The topological polar surface area (TPSA) is 86.3 Å². The summed E-state index contributed by atoms with van der Waals surface area (Å²) in [6, 6.07) is 10.4. The van der Waals surface area contributed by atoms with Gasteiger partial charge in [0.05, 0.1) is 17.1 Å². The van der Waals surface area contributed by atoms with E-state index in [1.165, 1.54) is 29.2 Å². The molecule has 0 bridgehead atoms. The average molecular weight is 487 g/mol. The predicted molar refractivity (Wildman–Crippen MR) is 116 cm³/mol. The van der Waals surface area contributed by atoms with Crippen molar-refractivity contribution in [3.05, 3.63) is 60.8 Å². The van der Waals surface area contributed by atoms with E-state index < -0.39 is 18.1 Å². The predicted octanol–water partition coefficient (Wildman–Crippen LogP) is 4.83. The molecule has 0 spiro atoms. The number of hydrogen-bond acceptors (Lipinski definition) is 6. The Kier molecular flexibility index (Phi) is 5.30. The number of rotatable bonds is 5. The molecule has 0 N–H and O–H groups in total. The highest BCUT2D eigenvalue weighted by Gasteiger charge is 2.36. The van der Waals surface area contributed by atoms with Crippen LogP contribution in [0.2, 0.25) is 0 Å². The van der Waals surface area contributed by atoms with Gasteiger partial charge in [0.25, 0.3) is 5.91 Å². The van der Waals surface area contributed by atoms with Crippen molar-refractivity contribution in [1.29, 1.82) is 0 Å². The van der Waals surface area contributed by atoms with E-state index in [9.17, 15) is 22.4 Å². The van der Waals surface area contributed by atoms with E-state index >= 15 is 0 Å². The van der Waals surface area contributed by atoms with E-state index in [2.05, 4.69) is 21.5 Å². The summed E-state index contributed by atoms with van der Waals surface area (Å²) in [5.41, 5.74) is 2.28. The van der Waals surface area contributed by atoms with E-state index in [0.29, 0.717) is 33.6 Å². The molecule has 1 aliphatic heterocycles. The number of carbonyl (C=O) groups is 1. The number of nitrogens with zero attached hydrogens (tertiary/aromatic N) is 5. The fraction of sp³-hybridized carbons (Fsp3) is 0.217. The molecular formula is C23H17F4N5O3. The lowest BCUT2D eigenvalue weighted by molar-refractivity contribution is -0.274. The van der Waals surface area contributed by atoms with Crippen molar-refractivity contribution in [2.45, 2.75) is 19.3 Å². The first-order valence-electron chi connectivity index (χ1n) is 10.4. The molecule has 1 saturated heterocycles. The number of amides is 1. The summed E-state index contributed by atoms with van der Waals surface area (Å²) in [6.45, 7) is 5.11. The zero-order chi connectivity index (χ0) is 24.9. The van der Waals surface area contributed by atoms with Gasteiger partial charge in [-0.05, 0) is 30.3 Å². The van der Waals surface area contributed by atoms with Gasteiger partial charge in [-0.3, -0.25) is 9.48 Å². The summed E-state index contributed by atoms with van der Waals surface area (Å²) in [6.07, 6.45) is -4.80. The average Bonchev–Trinajstić information content (AvgIpc) is 3.36. The summed E-state index contributed by atoms with van der Waals surface area (Å²) in [7, 11) is 0. The number of alkyl halides is 3. The first kappa shape index (κ1) is 22.6. The number of carbonyl (C=O) groups excluding carboxylic acids is 1. The lowest BCUT2D eigenvalue weighted by atomic mass is 10.0. The van der Waals surface area contributed by atoms with Crippen molar-refractivity contribution in [2.75, 3.05) is 13.1 Å². The van der Waals surface area contributed by atoms with Crippen molar-refractivity contribution in [1.82, 2.24) is 24.9 Å². The monoisotopic (exact) mass is 487 g/mol. The van der Waals surface area contributed by atoms with E-state index in [1.807, 2.05) is 6.07 Å². The Morgan fingerprint density at radius 2 is 1.86 bits per heavy atom. The van der Waals surface area contributed by atoms with Gasteiger partial charge in [-0.25, -0.2) is 4.39 Å². The Morgan fingerprint density at radius 1 is 1.14 bits per heavy atom. The van der Waals surface area contributed by atoms with Gasteiger partial charge in [-0.15, -0.1) is 23.4 Å². The van der Waals surface area contributed by atoms with Crippen LogP contribution < -0.4 is 4.74 Å². The van der Waals surface area contributed by atoms with Crippen molar-refractivity contribution in [3.63, 3.8) is 0 Å². The molecule has 0 radical (unpaired) electrons. The van der Waals surface area contributed by atoms with Crippen LogP contribution in [0.1, 0.15) is 11.9 Å². The van der Waals surface area contributed by atoms with Crippen LogP contribution in [0.3, 0.4) is 0 Å². The van der Waals surface area contributed by atoms with Crippen LogP contribution in [0, 0.1) is 6.92 Å². The number of benzene rings is 2. The number of para-hydroxylation sites is 1. The van der Waals surface area contributed by atoms with Gasteiger partial charge < -0.3 is 14.1 Å². The Hall–Kier alpha value is -4.22. The molecule has 35 heavy (non-hydrogen) atoms. The van der Waals surface area contributed by atoms with Gasteiger partial charge in [0, 0.05) is 31.0 Å². The Bertz CT molecular complexity index is 1440. The molecule has 1 aliphatic rings. The minimum Gasteiger partial charge on any atom is -0.421 e. The Labute approximate surface area is 195 Å². The third-order valence-electron chi connectivity index (χ3n) is 5.57. The molecule has 2 aromatic heterocycles. The minimum atomic E-state index is -4.80. The molecule has 0 saturated carbocycles. The summed E-state index contributed by atoms with van der Waals surface area (Å²) in [5, 5.41) is 13.4. The molecule has 0 atom stereocenters. The van der Waals surface area contributed by atoms with Crippen LogP contribution in [-0.4, -0.2) is 50.2 Å². The van der Waals surface area contributed by atoms with E-state index in [0.717, 1.165) is 0 Å². The lowest BCUT2D eigenvalue weighted by Crippen LogP contribution is -2.51. The first-order chi connectivity index (χ1) is 16.6. The fourth-order valence-electron chi connectivity index (χ4n) is 4.01. The summed E-state index contributed by atoms with van der Waals surface area (Å²) in [5.74, 6) is -1.56. The maximum atomic E-state index is 13.3. The van der Waals surface area contributed by atoms with Gasteiger partial charge in [0.1, 0.15) is 11.4 Å². The molecule has 0 aliphatic carbocycles. The third-order valence-corrected chi connectivity index (χ3v) is 5.57. The molecular weight excluding hydrogens is 470 g/mol. The van der Waals surface area contributed by atoms with Crippen LogP contribution in [0.15, 0.2) is 59.3 Å². The van der Waals surface area contributed by atoms with Gasteiger partial charge >= 0.3 is 6.36 Å². The Balaban J connectivity index is 1.59. The van der Waals surface area contributed by atoms with E-state index in [-0.39, 0.29) is 30.8 Å². The second kappa shape index (κ2) is 8.22. The van der Waals surface area contributed by atoms with Crippen LogP contribution in [0.5, 0.6) is 5.75 Å². The highest BCUT2D eigenvalue weighted by Crippen LogP contribution is 2.38. The highest BCUT2D eigenvalue weighted by molar-refractivity contribution is 6.00. The van der Waals surface area contributed by atoms with Crippen molar-refractivity contribution in [3.8, 4) is 28.5 Å². The normalized spacial score (nSPS) is 14.3. The first-order valence-corrected chi connectivity index (χ1v) is 10.4. The molecule has 0 unspecified atom stereocenters. The summed E-state index contributed by atoms with van der Waals surface area (Å²) < 4.78 is 62.2. The van der Waals surface area contributed by atoms with Gasteiger partial charge in [0.15, 0.2) is 5.83 Å². The van der Waals surface area contributed by atoms with Crippen molar-refractivity contribution in [2.24, 2.45) is 0 Å². The van der Waals surface area contributed by atoms with Crippen LogP contribution in [0.25, 0.3) is 33.6 Å². The fourth-order valence-corrected chi connectivity index (χ4v) is 4.01. The summed E-state index contributed by atoms with van der Waals surface area (Å²) >= 11 is 0. The van der Waals surface area contributed by atoms with Crippen molar-refractivity contribution >= 4 is 16.8 Å². The Morgan fingerprint density at radius 3 is 2.46 bits per heavy atom. The lowest BCUT2D eigenvalue weighted by Gasteiger charge is -2.39. The zero-order valence-electron chi connectivity index (χ0n) is 18.2. The molecule has 5 rings (SSSR count). The molecule has 2 aromatic carbocycles. The van der Waals surface area contributed by atoms with Crippen LogP contribution >= 0.6 is 0 Å². The van der Waals surface area contributed by atoms with E-state index in [4.69, 9.17) is 9.52 Å². The number of aryl methyl sites for hydroxylation is 1. The third kappa shape index (κ3) is 4.22. The number of ether oxygens (including phenoxy) is 1. The molecule has 4 aromatic rings. The van der Waals surface area contributed by atoms with Crippen molar-refractivity contribution < 1.29 is 31.5 Å². The standard InChI is InChI=1S/C23H17F4N5O3/c1-12(24)22(33)31-10-15(11-31)32-20-17(4-3-5-18(20)21-29-28-13(2)34-21)19(30-32)14-6-8-16(9-7-14)35-23(25,26)27/h3-9,15H,1,10-11H2,2H3. The maximum Gasteiger partial charge on any atom is 0.573 e. The molecule has 1 fully saturated rings. The highest BCUT2D eigenvalue weighted by atomic mass is 19.4. The molecule has 3 heterocycles. The number of hydrogen-bond donors (Lipinski definition) is 0. The number of fused-ring (bicyclic) bond motifs is 1. The second-order valence-electron chi connectivity index (χ2n) is 7.96. The van der Waals surface area contributed by atoms with E-state index in [1.54, 1.807) is 23.7 Å². The van der Waals surface area contributed by atoms with Crippen LogP contribution in [-0.2, 0) is 4.79 Å². The SMILES string of the molecule is C=C(F)C(=O)N1CC(n2nc(-c3ccc(OC(F)(F)F)cc3)c3cccc(-c4nnc(C)o4)c32)C1. The molecule has 12 heteroatoms.